The summed E-state index contributed by atoms with van der Waals surface area (Å²) >= 11 is 0. The van der Waals surface area contributed by atoms with Gasteiger partial charge in [0.15, 0.2) is 0 Å². The highest BCUT2D eigenvalue weighted by atomic mass is 15.2. The van der Waals surface area contributed by atoms with Gasteiger partial charge in [-0.3, -0.25) is 4.90 Å². The first-order valence-electron chi connectivity index (χ1n) is 7.51. The minimum Gasteiger partial charge on any atom is -0.296 e. The molecule has 0 amide bonds. The maximum atomic E-state index is 2.61. The second kappa shape index (κ2) is 5.41. The lowest BCUT2D eigenvalue weighted by molar-refractivity contribution is 0.253. The molecular weight excluding hydrogens is 242 g/mol. The molecule has 3 rings (SSSR count). The van der Waals surface area contributed by atoms with Crippen molar-refractivity contribution in [2.75, 3.05) is 6.54 Å². The van der Waals surface area contributed by atoms with Crippen molar-refractivity contribution in [3.8, 4) is 0 Å². The van der Waals surface area contributed by atoms with E-state index in [2.05, 4.69) is 79.4 Å². The normalized spacial score (nSPS) is 26.8. The van der Waals surface area contributed by atoms with Crippen molar-refractivity contribution in [2.45, 2.75) is 38.3 Å². The molecule has 20 heavy (non-hydrogen) atoms. The second-order valence-corrected chi connectivity index (χ2v) is 6.37. The van der Waals surface area contributed by atoms with Gasteiger partial charge in [-0.25, -0.2) is 0 Å². The molecule has 1 saturated heterocycles. The highest BCUT2D eigenvalue weighted by Crippen LogP contribution is 2.38. The summed E-state index contributed by atoms with van der Waals surface area (Å²) in [6.45, 7) is 6.97. The predicted octanol–water partition coefficient (Wildman–Crippen LogP) is 4.24. The van der Waals surface area contributed by atoms with Gasteiger partial charge in [-0.1, -0.05) is 67.6 Å². The van der Waals surface area contributed by atoms with Crippen LogP contribution in [0.2, 0.25) is 0 Å². The van der Waals surface area contributed by atoms with E-state index in [0.29, 0.717) is 6.04 Å². The largest absolute Gasteiger partial charge is 0.296 e. The maximum absolute atomic E-state index is 2.61. The Bertz CT molecular complexity index is 548. The van der Waals surface area contributed by atoms with E-state index in [4.69, 9.17) is 0 Å². The first kappa shape index (κ1) is 13.4. The van der Waals surface area contributed by atoms with Gasteiger partial charge in [0.05, 0.1) is 0 Å². The van der Waals surface area contributed by atoms with Crippen LogP contribution in [0.3, 0.4) is 0 Å². The van der Waals surface area contributed by atoms with Crippen molar-refractivity contribution in [3.63, 3.8) is 0 Å². The summed E-state index contributed by atoms with van der Waals surface area (Å²) in [5, 5.41) is 0. The summed E-state index contributed by atoms with van der Waals surface area (Å²) in [5.74, 6) is 0. The number of hydrogen-bond donors (Lipinski definition) is 0. The van der Waals surface area contributed by atoms with Crippen LogP contribution in [0.4, 0.5) is 0 Å². The van der Waals surface area contributed by atoms with E-state index in [1.807, 2.05) is 0 Å². The molecule has 0 bridgehead atoms. The number of rotatable bonds is 3. The van der Waals surface area contributed by atoms with E-state index in [1.165, 1.54) is 17.5 Å². The zero-order chi connectivity index (χ0) is 14.0. The third-order valence-electron chi connectivity index (χ3n) is 4.62. The minimum absolute atomic E-state index is 0.287. The van der Waals surface area contributed by atoms with Crippen LogP contribution in [0.25, 0.3) is 0 Å². The molecule has 0 N–H and O–H groups in total. The topological polar surface area (TPSA) is 3.24 Å². The molecule has 1 nitrogen and oxygen atoms in total. The van der Waals surface area contributed by atoms with Crippen molar-refractivity contribution in [1.29, 1.82) is 0 Å². The molecule has 2 atom stereocenters. The zero-order valence-corrected chi connectivity index (χ0v) is 12.4. The lowest BCUT2D eigenvalue weighted by atomic mass is 9.81. The number of benzene rings is 2. The predicted molar refractivity (Wildman–Crippen MR) is 84.7 cm³/mol. The average Bonchev–Trinajstić information content (AvgIpc) is 2.77. The Labute approximate surface area is 122 Å². The Morgan fingerprint density at radius 1 is 1.00 bits per heavy atom. The van der Waals surface area contributed by atoms with Crippen molar-refractivity contribution in [3.05, 3.63) is 71.8 Å². The van der Waals surface area contributed by atoms with Gasteiger partial charge in [0.2, 0.25) is 0 Å². The molecule has 0 spiro atoms. The Morgan fingerprint density at radius 2 is 1.60 bits per heavy atom. The summed E-state index contributed by atoms with van der Waals surface area (Å²) < 4.78 is 0. The number of hydrogen-bond acceptors (Lipinski definition) is 1. The zero-order valence-electron chi connectivity index (χ0n) is 12.4. The third-order valence-corrected chi connectivity index (χ3v) is 4.62. The second-order valence-electron chi connectivity index (χ2n) is 6.37. The van der Waals surface area contributed by atoms with Crippen molar-refractivity contribution in [2.24, 2.45) is 0 Å². The summed E-state index contributed by atoms with van der Waals surface area (Å²) in [6.07, 6.45) is 1.24. The van der Waals surface area contributed by atoms with Crippen LogP contribution in [-0.2, 0) is 12.0 Å². The summed E-state index contributed by atoms with van der Waals surface area (Å²) in [5.41, 5.74) is 3.18. The molecule has 0 aromatic heterocycles. The van der Waals surface area contributed by atoms with Crippen molar-refractivity contribution in [1.82, 2.24) is 4.90 Å². The van der Waals surface area contributed by atoms with Crippen LogP contribution in [0.15, 0.2) is 60.7 Å². The SMILES string of the molecule is CC1CC(C)(c2ccccc2)CN1Cc1ccccc1. The van der Waals surface area contributed by atoms with Crippen LogP contribution >= 0.6 is 0 Å². The molecule has 0 aliphatic carbocycles. The van der Waals surface area contributed by atoms with E-state index < -0.39 is 0 Å². The first-order valence-corrected chi connectivity index (χ1v) is 7.51. The van der Waals surface area contributed by atoms with Crippen LogP contribution in [0.5, 0.6) is 0 Å². The van der Waals surface area contributed by atoms with E-state index in [1.54, 1.807) is 0 Å². The molecule has 2 aromatic rings. The molecule has 1 heterocycles. The molecule has 1 heteroatoms. The molecule has 1 aliphatic heterocycles. The Hall–Kier alpha value is -1.60. The molecule has 1 fully saturated rings. The molecule has 0 saturated carbocycles. The minimum atomic E-state index is 0.287. The van der Waals surface area contributed by atoms with Gasteiger partial charge in [0, 0.05) is 24.5 Å². The van der Waals surface area contributed by atoms with Gasteiger partial charge >= 0.3 is 0 Å². The average molecular weight is 265 g/mol. The Kier molecular flexibility index (Phi) is 3.62. The quantitative estimate of drug-likeness (QED) is 0.802. The standard InChI is InChI=1S/C19H23N/c1-16-13-19(2,18-11-7-4-8-12-18)15-20(16)14-17-9-5-3-6-10-17/h3-12,16H,13-15H2,1-2H3. The highest BCUT2D eigenvalue weighted by molar-refractivity contribution is 5.27. The molecule has 1 aliphatic rings. The van der Waals surface area contributed by atoms with E-state index in [0.717, 1.165) is 13.1 Å². The molecule has 2 unspecified atom stereocenters. The van der Waals surface area contributed by atoms with E-state index >= 15 is 0 Å². The maximum Gasteiger partial charge on any atom is 0.0236 e. The lowest BCUT2D eigenvalue weighted by Crippen LogP contribution is -2.29. The van der Waals surface area contributed by atoms with Crippen molar-refractivity contribution >= 4 is 0 Å². The fourth-order valence-electron chi connectivity index (χ4n) is 3.53. The number of nitrogens with zero attached hydrogens (tertiary/aromatic N) is 1. The smallest absolute Gasteiger partial charge is 0.0236 e. The Balaban J connectivity index is 1.77. The fourth-order valence-corrected chi connectivity index (χ4v) is 3.53. The van der Waals surface area contributed by atoms with Crippen LogP contribution in [0.1, 0.15) is 31.4 Å². The monoisotopic (exact) mass is 265 g/mol. The highest BCUT2D eigenvalue weighted by Gasteiger charge is 2.39. The van der Waals surface area contributed by atoms with Gasteiger partial charge < -0.3 is 0 Å². The Morgan fingerprint density at radius 3 is 2.25 bits per heavy atom. The lowest BCUT2D eigenvalue weighted by Gasteiger charge is -2.25. The van der Waals surface area contributed by atoms with Crippen LogP contribution in [-0.4, -0.2) is 17.5 Å². The first-order chi connectivity index (χ1) is 9.67. The van der Waals surface area contributed by atoms with Crippen LogP contribution in [0, 0.1) is 0 Å². The fraction of sp³-hybridized carbons (Fsp3) is 0.368. The molecule has 2 aromatic carbocycles. The van der Waals surface area contributed by atoms with Gasteiger partial charge in [-0.05, 0) is 24.5 Å². The van der Waals surface area contributed by atoms with Gasteiger partial charge in [0.25, 0.3) is 0 Å². The summed E-state index contributed by atoms with van der Waals surface area (Å²) in [7, 11) is 0. The van der Waals surface area contributed by atoms with Gasteiger partial charge in [-0.15, -0.1) is 0 Å². The van der Waals surface area contributed by atoms with Gasteiger partial charge in [0.1, 0.15) is 0 Å². The van der Waals surface area contributed by atoms with Crippen molar-refractivity contribution < 1.29 is 0 Å². The number of likely N-dealkylation sites (tertiary alicyclic amines) is 1. The third kappa shape index (κ3) is 2.64. The molecule has 0 radical (unpaired) electrons. The summed E-state index contributed by atoms with van der Waals surface area (Å²) in [4.78, 5) is 2.61. The van der Waals surface area contributed by atoms with Gasteiger partial charge in [-0.2, -0.15) is 0 Å². The van der Waals surface area contributed by atoms with E-state index in [9.17, 15) is 0 Å². The summed E-state index contributed by atoms with van der Waals surface area (Å²) in [6, 6.07) is 22.4. The van der Waals surface area contributed by atoms with E-state index in [-0.39, 0.29) is 5.41 Å². The molecule has 104 valence electrons. The molecular formula is C19H23N. The van der Waals surface area contributed by atoms with Crippen LogP contribution < -0.4 is 0 Å².